The van der Waals surface area contributed by atoms with Gasteiger partial charge in [-0.2, -0.15) is 0 Å². The Kier molecular flexibility index (Phi) is 6.67. The Morgan fingerprint density at radius 1 is 0.966 bits per heavy atom. The Hall–Kier alpha value is -3.12. The second kappa shape index (κ2) is 9.39. The molecule has 2 aromatic carbocycles. The zero-order valence-corrected chi connectivity index (χ0v) is 17.1. The van der Waals surface area contributed by atoms with Crippen LogP contribution in [0, 0.1) is 0 Å². The summed E-state index contributed by atoms with van der Waals surface area (Å²) in [5, 5.41) is 0. The van der Waals surface area contributed by atoms with E-state index >= 15 is 0 Å². The van der Waals surface area contributed by atoms with Gasteiger partial charge in [0, 0.05) is 20.7 Å². The quantitative estimate of drug-likeness (QED) is 0.612. The third kappa shape index (κ3) is 4.49. The fraction of sp³-hybridized carbons (Fsp3) is 0.304. The van der Waals surface area contributed by atoms with Crippen molar-refractivity contribution >= 4 is 17.4 Å². The Balaban J connectivity index is 1.98. The van der Waals surface area contributed by atoms with E-state index in [0.29, 0.717) is 36.6 Å². The van der Waals surface area contributed by atoms with Crippen LogP contribution < -0.4 is 4.74 Å². The molecule has 0 aromatic heterocycles. The second-order valence-corrected chi connectivity index (χ2v) is 6.78. The van der Waals surface area contributed by atoms with Gasteiger partial charge in [0.1, 0.15) is 11.4 Å². The van der Waals surface area contributed by atoms with Gasteiger partial charge in [0.25, 0.3) is 11.8 Å². The smallest absolute Gasteiger partial charge is 0.277 e. The number of likely N-dealkylation sites (N-methyl/N-ethyl adjacent to an activating group) is 1. The van der Waals surface area contributed by atoms with E-state index in [1.165, 1.54) is 4.90 Å². The first-order valence-electron chi connectivity index (χ1n) is 9.64. The highest BCUT2D eigenvalue weighted by molar-refractivity contribution is 6.35. The predicted molar refractivity (Wildman–Crippen MR) is 111 cm³/mol. The van der Waals surface area contributed by atoms with Gasteiger partial charge in [-0.15, -0.1) is 0 Å². The molecule has 152 valence electrons. The summed E-state index contributed by atoms with van der Waals surface area (Å²) in [7, 11) is 3.39. The molecule has 3 rings (SSSR count). The van der Waals surface area contributed by atoms with Gasteiger partial charge in [0.15, 0.2) is 0 Å². The van der Waals surface area contributed by atoms with Crippen LogP contribution in [0.4, 0.5) is 0 Å². The molecule has 6 heteroatoms. The zero-order chi connectivity index (χ0) is 20.8. The first-order valence-corrected chi connectivity index (χ1v) is 9.64. The second-order valence-electron chi connectivity index (χ2n) is 6.78. The summed E-state index contributed by atoms with van der Waals surface area (Å²) in [6.45, 7) is 3.52. The highest BCUT2D eigenvalue weighted by Crippen LogP contribution is 2.32. The van der Waals surface area contributed by atoms with Crippen molar-refractivity contribution in [2.45, 2.75) is 13.5 Å². The standard InChI is InChI=1S/C23H26N2O4/c1-4-29-19-12-10-18(11-13-19)20-21(23(27)25(22(20)26)14-15-28-3)24(2)16-17-8-6-5-7-9-17/h5-13H,4,14-16H2,1-3H3. The Morgan fingerprint density at radius 3 is 2.28 bits per heavy atom. The molecule has 0 spiro atoms. The number of methoxy groups -OCH3 is 1. The fourth-order valence-corrected chi connectivity index (χ4v) is 3.38. The van der Waals surface area contributed by atoms with Gasteiger partial charge in [-0.1, -0.05) is 42.5 Å². The van der Waals surface area contributed by atoms with Crippen LogP contribution in [0.2, 0.25) is 0 Å². The third-order valence-corrected chi connectivity index (χ3v) is 4.76. The average molecular weight is 394 g/mol. The summed E-state index contributed by atoms with van der Waals surface area (Å²) < 4.78 is 10.6. The molecule has 0 radical (unpaired) electrons. The topological polar surface area (TPSA) is 59.1 Å². The van der Waals surface area contributed by atoms with Gasteiger partial charge < -0.3 is 14.4 Å². The molecule has 29 heavy (non-hydrogen) atoms. The zero-order valence-electron chi connectivity index (χ0n) is 17.1. The number of hydrogen-bond acceptors (Lipinski definition) is 5. The van der Waals surface area contributed by atoms with Crippen molar-refractivity contribution < 1.29 is 19.1 Å². The number of amides is 2. The molecular weight excluding hydrogens is 368 g/mol. The van der Waals surface area contributed by atoms with Crippen LogP contribution in [-0.2, 0) is 20.9 Å². The maximum Gasteiger partial charge on any atom is 0.277 e. The molecule has 0 saturated carbocycles. The largest absolute Gasteiger partial charge is 0.494 e. The molecular formula is C23H26N2O4. The monoisotopic (exact) mass is 394 g/mol. The normalized spacial score (nSPS) is 14.0. The maximum absolute atomic E-state index is 13.1. The van der Waals surface area contributed by atoms with Crippen LogP contribution in [0.15, 0.2) is 60.3 Å². The Bertz CT molecular complexity index is 891. The van der Waals surface area contributed by atoms with Gasteiger partial charge in [-0.25, -0.2) is 0 Å². The Labute approximate surface area is 171 Å². The highest BCUT2D eigenvalue weighted by Gasteiger charge is 2.40. The number of imide groups is 1. The molecule has 1 heterocycles. The summed E-state index contributed by atoms with van der Waals surface area (Å²) in [5.74, 6) is 0.129. The molecule has 1 aliphatic heterocycles. The van der Waals surface area contributed by atoms with Gasteiger partial charge in [-0.05, 0) is 30.2 Å². The number of benzene rings is 2. The van der Waals surface area contributed by atoms with E-state index < -0.39 is 0 Å². The van der Waals surface area contributed by atoms with E-state index in [2.05, 4.69) is 0 Å². The first kappa shape index (κ1) is 20.6. The highest BCUT2D eigenvalue weighted by atomic mass is 16.5. The van der Waals surface area contributed by atoms with E-state index in [1.54, 1.807) is 7.11 Å². The number of ether oxygens (including phenoxy) is 2. The summed E-state index contributed by atoms with van der Waals surface area (Å²) in [5.41, 5.74) is 2.57. The maximum atomic E-state index is 13.1. The summed E-state index contributed by atoms with van der Waals surface area (Å²) >= 11 is 0. The first-order chi connectivity index (χ1) is 14.1. The predicted octanol–water partition coefficient (Wildman–Crippen LogP) is 2.94. The van der Waals surface area contributed by atoms with Gasteiger partial charge >= 0.3 is 0 Å². The molecule has 0 atom stereocenters. The molecule has 2 aromatic rings. The third-order valence-electron chi connectivity index (χ3n) is 4.76. The van der Waals surface area contributed by atoms with Crippen LogP contribution in [-0.4, -0.2) is 55.5 Å². The minimum absolute atomic E-state index is 0.220. The van der Waals surface area contributed by atoms with Crippen LogP contribution in [0.3, 0.4) is 0 Å². The lowest BCUT2D eigenvalue weighted by Crippen LogP contribution is -2.36. The van der Waals surface area contributed by atoms with Crippen molar-refractivity contribution in [3.05, 3.63) is 71.4 Å². The minimum Gasteiger partial charge on any atom is -0.494 e. The van der Waals surface area contributed by atoms with Crippen molar-refractivity contribution in [3.63, 3.8) is 0 Å². The molecule has 1 aliphatic rings. The molecule has 0 aliphatic carbocycles. The lowest BCUT2D eigenvalue weighted by atomic mass is 10.0. The van der Waals surface area contributed by atoms with Crippen molar-refractivity contribution in [2.24, 2.45) is 0 Å². The van der Waals surface area contributed by atoms with E-state index in [-0.39, 0.29) is 18.4 Å². The van der Waals surface area contributed by atoms with E-state index in [9.17, 15) is 9.59 Å². The van der Waals surface area contributed by atoms with Crippen LogP contribution in [0.25, 0.3) is 5.57 Å². The molecule has 0 unspecified atom stereocenters. The summed E-state index contributed by atoms with van der Waals surface area (Å²) in [4.78, 5) is 29.4. The van der Waals surface area contributed by atoms with Gasteiger partial charge in [0.2, 0.25) is 0 Å². The van der Waals surface area contributed by atoms with Crippen molar-refractivity contribution in [1.82, 2.24) is 9.80 Å². The fourth-order valence-electron chi connectivity index (χ4n) is 3.38. The van der Waals surface area contributed by atoms with Crippen molar-refractivity contribution in [1.29, 1.82) is 0 Å². The number of nitrogens with zero attached hydrogens (tertiary/aromatic N) is 2. The van der Waals surface area contributed by atoms with Crippen LogP contribution >= 0.6 is 0 Å². The van der Waals surface area contributed by atoms with Crippen LogP contribution in [0.5, 0.6) is 5.75 Å². The molecule has 0 fully saturated rings. The molecule has 2 amide bonds. The van der Waals surface area contributed by atoms with Gasteiger partial charge in [-0.3, -0.25) is 14.5 Å². The van der Waals surface area contributed by atoms with E-state index in [4.69, 9.17) is 9.47 Å². The number of rotatable bonds is 9. The molecule has 0 bridgehead atoms. The Morgan fingerprint density at radius 2 is 1.66 bits per heavy atom. The number of hydrogen-bond donors (Lipinski definition) is 0. The number of carbonyl (C=O) groups excluding carboxylic acids is 2. The molecule has 0 saturated heterocycles. The minimum atomic E-state index is -0.300. The lowest BCUT2D eigenvalue weighted by Gasteiger charge is -2.21. The van der Waals surface area contributed by atoms with Crippen LogP contribution in [0.1, 0.15) is 18.1 Å². The number of carbonyl (C=O) groups is 2. The summed E-state index contributed by atoms with van der Waals surface area (Å²) in [6, 6.07) is 17.1. The van der Waals surface area contributed by atoms with Gasteiger partial charge in [0.05, 0.1) is 25.3 Å². The molecule has 6 nitrogen and oxygen atoms in total. The van der Waals surface area contributed by atoms with E-state index in [0.717, 1.165) is 11.3 Å². The average Bonchev–Trinajstić information content (AvgIpc) is 2.98. The van der Waals surface area contributed by atoms with Crippen molar-refractivity contribution in [2.75, 3.05) is 33.9 Å². The molecule has 0 N–H and O–H groups in total. The SMILES string of the molecule is CCOc1ccc(C2=C(N(C)Cc3ccccc3)C(=O)N(CCOC)C2=O)cc1. The van der Waals surface area contributed by atoms with E-state index in [1.807, 2.05) is 73.5 Å². The lowest BCUT2D eigenvalue weighted by molar-refractivity contribution is -0.138. The summed E-state index contributed by atoms with van der Waals surface area (Å²) in [6.07, 6.45) is 0. The van der Waals surface area contributed by atoms with Crippen molar-refractivity contribution in [3.8, 4) is 5.75 Å².